The van der Waals surface area contributed by atoms with Crippen molar-refractivity contribution in [2.75, 3.05) is 21.3 Å². The monoisotopic (exact) mass is 240 g/mol. The molecule has 2 bridgehead atoms. The molecule has 0 aromatic rings. The quantitative estimate of drug-likeness (QED) is 0.557. The van der Waals surface area contributed by atoms with Crippen LogP contribution in [0, 0.1) is 17.8 Å². The van der Waals surface area contributed by atoms with Gasteiger partial charge in [0.2, 0.25) is 0 Å². The maximum Gasteiger partial charge on any atom is 0.510 e. The molecule has 3 nitrogen and oxygen atoms in total. The highest BCUT2D eigenvalue weighted by molar-refractivity contribution is 6.65. The molecule has 4 heteroatoms. The Labute approximate surface area is 98.1 Å². The van der Waals surface area contributed by atoms with Gasteiger partial charge in [-0.05, 0) is 37.0 Å². The van der Waals surface area contributed by atoms with Gasteiger partial charge in [-0.25, -0.2) is 0 Å². The van der Waals surface area contributed by atoms with Crippen LogP contribution < -0.4 is 0 Å². The normalized spacial score (nSPS) is 44.6. The summed E-state index contributed by atoms with van der Waals surface area (Å²) in [6.45, 7) is 0. The molecule has 3 aliphatic rings. The lowest BCUT2D eigenvalue weighted by Crippen LogP contribution is -2.57. The molecule has 4 unspecified atom stereocenters. The Balaban J connectivity index is 2.01. The van der Waals surface area contributed by atoms with Gasteiger partial charge < -0.3 is 13.3 Å². The van der Waals surface area contributed by atoms with Crippen molar-refractivity contribution in [1.82, 2.24) is 0 Å². The molecule has 0 aliphatic heterocycles. The second kappa shape index (κ2) is 3.42. The van der Waals surface area contributed by atoms with Gasteiger partial charge in [-0.2, -0.15) is 0 Å². The number of allylic oxidation sites excluding steroid dienone is 2. The smallest absolute Gasteiger partial charge is 0.376 e. The summed E-state index contributed by atoms with van der Waals surface area (Å²) in [4.78, 5) is 0. The average Bonchev–Trinajstić information content (AvgIpc) is 2.73. The fourth-order valence-corrected chi connectivity index (χ4v) is 7.58. The first-order chi connectivity index (χ1) is 7.73. The van der Waals surface area contributed by atoms with Crippen LogP contribution >= 0.6 is 0 Å². The number of fused-ring (bicyclic) bond motifs is 5. The van der Waals surface area contributed by atoms with E-state index in [4.69, 9.17) is 13.3 Å². The molecule has 2 saturated carbocycles. The van der Waals surface area contributed by atoms with Crippen LogP contribution in [0.3, 0.4) is 0 Å². The van der Waals surface area contributed by atoms with Crippen LogP contribution in [0.15, 0.2) is 12.2 Å². The fraction of sp³-hybridized carbons (Fsp3) is 0.833. The highest BCUT2D eigenvalue weighted by Gasteiger charge is 2.71. The van der Waals surface area contributed by atoms with Gasteiger partial charge in [-0.15, -0.1) is 0 Å². The topological polar surface area (TPSA) is 27.7 Å². The first-order valence-electron chi connectivity index (χ1n) is 6.08. The third kappa shape index (κ3) is 0.996. The molecule has 0 radical (unpaired) electrons. The van der Waals surface area contributed by atoms with Crippen molar-refractivity contribution in [2.45, 2.75) is 24.3 Å². The van der Waals surface area contributed by atoms with Crippen molar-refractivity contribution in [3.8, 4) is 0 Å². The first-order valence-corrected chi connectivity index (χ1v) is 7.80. The van der Waals surface area contributed by atoms with Crippen molar-refractivity contribution in [2.24, 2.45) is 17.8 Å². The molecule has 0 amide bonds. The molecule has 16 heavy (non-hydrogen) atoms. The molecule has 0 aromatic heterocycles. The van der Waals surface area contributed by atoms with Crippen molar-refractivity contribution in [3.05, 3.63) is 12.2 Å². The number of hydrogen-bond donors (Lipinski definition) is 0. The summed E-state index contributed by atoms with van der Waals surface area (Å²) >= 11 is 0. The lowest BCUT2D eigenvalue weighted by Gasteiger charge is -2.48. The zero-order valence-electron chi connectivity index (χ0n) is 10.2. The van der Waals surface area contributed by atoms with E-state index in [0.717, 1.165) is 17.8 Å². The van der Waals surface area contributed by atoms with Crippen LogP contribution in [0.2, 0.25) is 5.04 Å². The summed E-state index contributed by atoms with van der Waals surface area (Å²) in [7, 11) is 2.68. The molecule has 0 N–H and O–H groups in total. The van der Waals surface area contributed by atoms with E-state index >= 15 is 0 Å². The van der Waals surface area contributed by atoms with Crippen LogP contribution in [0.25, 0.3) is 0 Å². The summed E-state index contributed by atoms with van der Waals surface area (Å²) in [5, 5.41) is 0.0822. The molecule has 0 spiro atoms. The zero-order valence-corrected chi connectivity index (χ0v) is 11.2. The third-order valence-electron chi connectivity index (χ3n) is 5.13. The van der Waals surface area contributed by atoms with Gasteiger partial charge in [-0.1, -0.05) is 12.2 Å². The van der Waals surface area contributed by atoms with Crippen LogP contribution in [0.4, 0.5) is 0 Å². The summed E-state index contributed by atoms with van der Waals surface area (Å²) in [6, 6.07) is 0. The van der Waals surface area contributed by atoms with E-state index in [2.05, 4.69) is 12.2 Å². The molecule has 3 aliphatic carbocycles. The minimum absolute atomic E-state index is 0.0822. The van der Waals surface area contributed by atoms with Crippen LogP contribution in [-0.2, 0) is 13.3 Å². The predicted molar refractivity (Wildman–Crippen MR) is 62.9 cm³/mol. The Kier molecular flexibility index (Phi) is 2.34. The minimum atomic E-state index is -2.53. The van der Waals surface area contributed by atoms with E-state index in [0.29, 0.717) is 0 Å². The van der Waals surface area contributed by atoms with E-state index in [-0.39, 0.29) is 5.04 Å². The van der Waals surface area contributed by atoms with Gasteiger partial charge in [-0.3, -0.25) is 0 Å². The Morgan fingerprint density at radius 1 is 1.12 bits per heavy atom. The highest BCUT2D eigenvalue weighted by Crippen LogP contribution is 2.72. The van der Waals surface area contributed by atoms with Crippen LogP contribution in [0.5, 0.6) is 0 Å². The van der Waals surface area contributed by atoms with E-state index in [9.17, 15) is 0 Å². The van der Waals surface area contributed by atoms with Crippen LogP contribution in [0.1, 0.15) is 19.3 Å². The second-order valence-corrected chi connectivity index (χ2v) is 8.55. The van der Waals surface area contributed by atoms with E-state index in [1.54, 1.807) is 21.3 Å². The summed E-state index contributed by atoms with van der Waals surface area (Å²) in [5.41, 5.74) is 0. The highest BCUT2D eigenvalue weighted by atomic mass is 28.4. The lowest BCUT2D eigenvalue weighted by molar-refractivity contribution is 0.0657. The molecule has 2 fully saturated rings. The van der Waals surface area contributed by atoms with Crippen molar-refractivity contribution in [1.29, 1.82) is 0 Å². The average molecular weight is 240 g/mol. The van der Waals surface area contributed by atoms with Gasteiger partial charge in [0.15, 0.2) is 0 Å². The SMILES string of the molecule is CO[Si](OC)(OC)C12C=CC(C1)C1CCC12. The molecular formula is C12H20O3Si. The van der Waals surface area contributed by atoms with Crippen molar-refractivity contribution in [3.63, 3.8) is 0 Å². The Hall–Kier alpha value is -0.163. The summed E-state index contributed by atoms with van der Waals surface area (Å²) in [5.74, 6) is 2.37. The maximum atomic E-state index is 5.74. The fourth-order valence-electron chi connectivity index (χ4n) is 4.34. The van der Waals surface area contributed by atoms with Crippen LogP contribution in [-0.4, -0.2) is 30.1 Å². The van der Waals surface area contributed by atoms with Gasteiger partial charge in [0, 0.05) is 21.3 Å². The molecular weight excluding hydrogens is 220 g/mol. The summed E-state index contributed by atoms with van der Waals surface area (Å²) < 4.78 is 17.2. The molecule has 4 atom stereocenters. The molecule has 90 valence electrons. The molecule has 3 rings (SSSR count). The zero-order chi connectivity index (χ0) is 11.4. The molecule has 0 heterocycles. The largest absolute Gasteiger partial charge is 0.510 e. The standard InChI is InChI=1S/C12H20O3Si/c1-13-16(14-2,15-3)12-7-6-9(8-12)10-4-5-11(10)12/h6-7,9-11H,4-5,8H2,1-3H3. The van der Waals surface area contributed by atoms with E-state index in [1.807, 2.05) is 0 Å². The Bertz CT molecular complexity index is 318. The lowest BCUT2D eigenvalue weighted by atomic mass is 9.67. The maximum absolute atomic E-state index is 5.74. The third-order valence-corrected chi connectivity index (χ3v) is 8.62. The number of hydrogen-bond acceptors (Lipinski definition) is 3. The van der Waals surface area contributed by atoms with E-state index in [1.165, 1.54) is 19.3 Å². The number of rotatable bonds is 4. The summed E-state index contributed by atoms with van der Waals surface area (Å²) in [6.07, 6.45) is 8.60. The van der Waals surface area contributed by atoms with E-state index < -0.39 is 8.80 Å². The first kappa shape index (κ1) is 11.0. The van der Waals surface area contributed by atoms with Gasteiger partial charge in [0.05, 0.1) is 5.04 Å². The van der Waals surface area contributed by atoms with Gasteiger partial charge >= 0.3 is 8.80 Å². The Morgan fingerprint density at radius 3 is 2.25 bits per heavy atom. The van der Waals surface area contributed by atoms with Crippen molar-refractivity contribution >= 4 is 8.80 Å². The Morgan fingerprint density at radius 2 is 1.81 bits per heavy atom. The van der Waals surface area contributed by atoms with Crippen molar-refractivity contribution < 1.29 is 13.3 Å². The molecule has 0 saturated heterocycles. The second-order valence-electron chi connectivity index (χ2n) is 5.28. The molecule has 0 aromatic carbocycles. The van der Waals surface area contributed by atoms with Gasteiger partial charge in [0.1, 0.15) is 0 Å². The minimum Gasteiger partial charge on any atom is -0.376 e. The van der Waals surface area contributed by atoms with Gasteiger partial charge in [0.25, 0.3) is 0 Å². The predicted octanol–water partition coefficient (Wildman–Crippen LogP) is 2.22.